The number of hydrogen-bond donors (Lipinski definition) is 3. The molecular formula is C16H21N3O4S. The van der Waals surface area contributed by atoms with Crippen LogP contribution in [0.25, 0.3) is 0 Å². The number of nitrogens with one attached hydrogen (secondary N) is 3. The van der Waals surface area contributed by atoms with Gasteiger partial charge in [0.1, 0.15) is 5.75 Å². The monoisotopic (exact) mass is 351 g/mol. The fraction of sp³-hybridized carbons (Fsp3) is 0.312. The zero-order chi connectivity index (χ0) is 17.8. The van der Waals surface area contributed by atoms with Crippen molar-refractivity contribution in [1.82, 2.24) is 16.2 Å². The zero-order valence-corrected chi connectivity index (χ0v) is 14.3. The largest absolute Gasteiger partial charge is 0.484 e. The zero-order valence-electron chi connectivity index (χ0n) is 13.5. The summed E-state index contributed by atoms with van der Waals surface area (Å²) in [6.07, 6.45) is 2.41. The summed E-state index contributed by atoms with van der Waals surface area (Å²) in [5.74, 6) is -0.320. The normalized spacial score (nSPS) is 9.54. The Morgan fingerprint density at radius 2 is 1.96 bits per heavy atom. The predicted octanol–water partition coefficient (Wildman–Crippen LogP) is 1.31. The molecule has 8 heteroatoms. The maximum absolute atomic E-state index is 11.6. The SMILES string of the molecule is C=CCNC(=S)NNC(=O)COc1ccc(C(=O)OCCC)cc1. The van der Waals surface area contributed by atoms with E-state index in [4.69, 9.17) is 21.7 Å². The Morgan fingerprint density at radius 1 is 1.25 bits per heavy atom. The van der Waals surface area contributed by atoms with E-state index < -0.39 is 5.91 Å². The van der Waals surface area contributed by atoms with Crippen molar-refractivity contribution < 1.29 is 19.1 Å². The molecule has 1 amide bonds. The van der Waals surface area contributed by atoms with Crippen LogP contribution in [0, 0.1) is 0 Å². The molecule has 1 aromatic carbocycles. The van der Waals surface area contributed by atoms with Crippen molar-refractivity contribution in [2.24, 2.45) is 0 Å². The number of thiocarbonyl (C=S) groups is 1. The molecule has 1 rings (SSSR count). The molecule has 0 fully saturated rings. The molecule has 0 heterocycles. The van der Waals surface area contributed by atoms with E-state index in [1.807, 2.05) is 6.92 Å². The van der Waals surface area contributed by atoms with Crippen molar-refractivity contribution in [3.63, 3.8) is 0 Å². The topological polar surface area (TPSA) is 88.7 Å². The highest BCUT2D eigenvalue weighted by Gasteiger charge is 2.07. The fourth-order valence-electron chi connectivity index (χ4n) is 1.49. The average Bonchev–Trinajstić information content (AvgIpc) is 2.61. The summed E-state index contributed by atoms with van der Waals surface area (Å²) in [5, 5.41) is 3.07. The van der Waals surface area contributed by atoms with Gasteiger partial charge in [-0.3, -0.25) is 15.6 Å². The Labute approximate surface area is 146 Å². The van der Waals surface area contributed by atoms with Gasteiger partial charge >= 0.3 is 5.97 Å². The Hall–Kier alpha value is -2.61. The molecule has 0 spiro atoms. The molecule has 0 aliphatic heterocycles. The molecule has 0 bridgehead atoms. The smallest absolute Gasteiger partial charge is 0.338 e. The van der Waals surface area contributed by atoms with Gasteiger partial charge in [0.25, 0.3) is 5.91 Å². The van der Waals surface area contributed by atoms with Crippen LogP contribution in [0.15, 0.2) is 36.9 Å². The van der Waals surface area contributed by atoms with Gasteiger partial charge < -0.3 is 14.8 Å². The molecule has 130 valence electrons. The van der Waals surface area contributed by atoms with Gasteiger partial charge in [-0.1, -0.05) is 13.0 Å². The van der Waals surface area contributed by atoms with E-state index in [-0.39, 0.29) is 17.7 Å². The number of benzene rings is 1. The maximum Gasteiger partial charge on any atom is 0.338 e. The quantitative estimate of drug-likeness (QED) is 0.282. The van der Waals surface area contributed by atoms with Gasteiger partial charge in [-0.2, -0.15) is 0 Å². The summed E-state index contributed by atoms with van der Waals surface area (Å²) in [7, 11) is 0. The molecule has 0 saturated carbocycles. The lowest BCUT2D eigenvalue weighted by Crippen LogP contribution is -2.48. The molecule has 0 aliphatic carbocycles. The summed E-state index contributed by atoms with van der Waals surface area (Å²) >= 11 is 4.92. The minimum atomic E-state index is -0.399. The van der Waals surface area contributed by atoms with E-state index in [2.05, 4.69) is 22.7 Å². The number of carbonyl (C=O) groups is 2. The van der Waals surface area contributed by atoms with Crippen LogP contribution < -0.4 is 20.9 Å². The van der Waals surface area contributed by atoms with Crippen LogP contribution in [0.5, 0.6) is 5.75 Å². The van der Waals surface area contributed by atoms with Crippen LogP contribution in [0.1, 0.15) is 23.7 Å². The van der Waals surface area contributed by atoms with Crippen LogP contribution in [-0.2, 0) is 9.53 Å². The number of esters is 1. The van der Waals surface area contributed by atoms with Crippen LogP contribution >= 0.6 is 12.2 Å². The summed E-state index contributed by atoms with van der Waals surface area (Å²) in [6, 6.07) is 6.36. The lowest BCUT2D eigenvalue weighted by Gasteiger charge is -2.11. The van der Waals surface area contributed by atoms with Crippen molar-refractivity contribution in [2.45, 2.75) is 13.3 Å². The summed E-state index contributed by atoms with van der Waals surface area (Å²) < 4.78 is 10.3. The van der Waals surface area contributed by atoms with Crippen molar-refractivity contribution in [3.8, 4) is 5.75 Å². The first kappa shape index (κ1) is 19.4. The molecule has 0 saturated heterocycles. The molecular weight excluding hydrogens is 330 g/mol. The van der Waals surface area contributed by atoms with E-state index in [1.165, 1.54) is 0 Å². The molecule has 0 aliphatic rings. The number of hydrogen-bond acceptors (Lipinski definition) is 5. The molecule has 0 atom stereocenters. The average molecular weight is 351 g/mol. The van der Waals surface area contributed by atoms with Crippen molar-refractivity contribution in [2.75, 3.05) is 19.8 Å². The second-order valence-electron chi connectivity index (χ2n) is 4.62. The number of ether oxygens (including phenoxy) is 2. The summed E-state index contributed by atoms with van der Waals surface area (Å²) in [6.45, 7) is 6.14. The van der Waals surface area contributed by atoms with E-state index in [0.29, 0.717) is 24.5 Å². The van der Waals surface area contributed by atoms with E-state index in [0.717, 1.165) is 6.42 Å². The van der Waals surface area contributed by atoms with Crippen LogP contribution in [-0.4, -0.2) is 36.7 Å². The minimum Gasteiger partial charge on any atom is -0.484 e. The summed E-state index contributed by atoms with van der Waals surface area (Å²) in [5.41, 5.74) is 5.35. The van der Waals surface area contributed by atoms with Gasteiger partial charge in [0.2, 0.25) is 0 Å². The Kier molecular flexibility index (Phi) is 8.91. The van der Waals surface area contributed by atoms with Gasteiger partial charge in [-0.25, -0.2) is 4.79 Å². The lowest BCUT2D eigenvalue weighted by molar-refractivity contribution is -0.123. The Bertz CT molecular complexity index is 575. The summed E-state index contributed by atoms with van der Waals surface area (Å²) in [4.78, 5) is 23.3. The molecule has 3 N–H and O–H groups in total. The molecule has 1 aromatic rings. The highest BCUT2D eigenvalue weighted by molar-refractivity contribution is 7.80. The second kappa shape index (κ2) is 11.0. The molecule has 7 nitrogen and oxygen atoms in total. The second-order valence-corrected chi connectivity index (χ2v) is 5.03. The van der Waals surface area contributed by atoms with E-state index in [9.17, 15) is 9.59 Å². The third-order valence-corrected chi connectivity index (χ3v) is 2.87. The highest BCUT2D eigenvalue weighted by atomic mass is 32.1. The van der Waals surface area contributed by atoms with Crippen molar-refractivity contribution >= 4 is 29.2 Å². The Balaban J connectivity index is 2.34. The van der Waals surface area contributed by atoms with Gasteiger partial charge in [0, 0.05) is 6.54 Å². The standard InChI is InChI=1S/C16H21N3O4S/c1-3-9-17-16(24)19-18-14(20)11-23-13-7-5-12(6-8-13)15(21)22-10-4-2/h3,5-8H,1,4,9-11H2,2H3,(H,18,20)(H2,17,19,24). The van der Waals surface area contributed by atoms with Gasteiger partial charge in [0.15, 0.2) is 11.7 Å². The first-order chi connectivity index (χ1) is 11.6. The van der Waals surface area contributed by atoms with Crippen LogP contribution in [0.3, 0.4) is 0 Å². The fourth-order valence-corrected chi connectivity index (χ4v) is 1.62. The van der Waals surface area contributed by atoms with Crippen molar-refractivity contribution in [1.29, 1.82) is 0 Å². The predicted molar refractivity (Wildman–Crippen MR) is 94.6 cm³/mol. The maximum atomic E-state index is 11.6. The minimum absolute atomic E-state index is 0.198. The van der Waals surface area contributed by atoms with E-state index >= 15 is 0 Å². The lowest BCUT2D eigenvalue weighted by atomic mass is 10.2. The molecule has 0 radical (unpaired) electrons. The highest BCUT2D eigenvalue weighted by Crippen LogP contribution is 2.12. The van der Waals surface area contributed by atoms with Crippen LogP contribution in [0.4, 0.5) is 0 Å². The Morgan fingerprint density at radius 3 is 2.58 bits per heavy atom. The first-order valence-electron chi connectivity index (χ1n) is 7.40. The third kappa shape index (κ3) is 7.59. The molecule has 24 heavy (non-hydrogen) atoms. The van der Waals surface area contributed by atoms with Gasteiger partial charge in [-0.05, 0) is 42.9 Å². The number of hydrazine groups is 1. The van der Waals surface area contributed by atoms with Gasteiger partial charge in [0.05, 0.1) is 12.2 Å². The number of rotatable bonds is 8. The van der Waals surface area contributed by atoms with Crippen molar-refractivity contribution in [3.05, 3.63) is 42.5 Å². The third-order valence-electron chi connectivity index (χ3n) is 2.62. The molecule has 0 unspecified atom stereocenters. The van der Waals surface area contributed by atoms with Gasteiger partial charge in [-0.15, -0.1) is 6.58 Å². The first-order valence-corrected chi connectivity index (χ1v) is 7.81. The number of carbonyl (C=O) groups excluding carboxylic acids is 2. The van der Waals surface area contributed by atoms with Crippen LogP contribution in [0.2, 0.25) is 0 Å². The van der Waals surface area contributed by atoms with E-state index in [1.54, 1.807) is 30.3 Å². The number of amides is 1. The molecule has 0 aromatic heterocycles.